The molecular weight excluding hydrogens is 503 g/mol. The predicted molar refractivity (Wildman–Crippen MR) is 144 cm³/mol. The SMILES string of the molecule is Cc1nc(NC2CCN(C(=O)O[C@@H]3CCN(C(=O)/C(F)=C/[C@H]4CCCN4C)C3)CC2)n2ncc(C(C)C)c2n1. The van der Waals surface area contributed by atoms with Gasteiger partial charge in [0.2, 0.25) is 5.95 Å². The normalized spacial score (nSPS) is 23.3. The maximum absolute atomic E-state index is 14.6. The summed E-state index contributed by atoms with van der Waals surface area (Å²) in [4.78, 5) is 39.8. The van der Waals surface area contributed by atoms with Gasteiger partial charge in [-0.25, -0.2) is 14.2 Å². The summed E-state index contributed by atoms with van der Waals surface area (Å²) in [6.07, 6.45) is 6.30. The number of carbonyl (C=O) groups excluding carboxylic acids is 2. The number of likely N-dealkylation sites (tertiary alicyclic amines) is 3. The summed E-state index contributed by atoms with van der Waals surface area (Å²) in [6.45, 7) is 8.69. The van der Waals surface area contributed by atoms with Crippen LogP contribution in [-0.4, -0.2) is 104 Å². The average Bonchev–Trinajstić information content (AvgIpc) is 3.64. The van der Waals surface area contributed by atoms with Gasteiger partial charge in [0, 0.05) is 43.7 Å². The summed E-state index contributed by atoms with van der Waals surface area (Å²) in [5, 5.41) is 7.98. The predicted octanol–water partition coefficient (Wildman–Crippen LogP) is 3.12. The third kappa shape index (κ3) is 6.00. The van der Waals surface area contributed by atoms with Crippen LogP contribution in [0, 0.1) is 6.92 Å². The van der Waals surface area contributed by atoms with E-state index in [2.05, 4.69) is 39.1 Å². The van der Waals surface area contributed by atoms with Crippen molar-refractivity contribution in [2.75, 3.05) is 45.1 Å². The van der Waals surface area contributed by atoms with Crippen molar-refractivity contribution in [3.8, 4) is 0 Å². The minimum Gasteiger partial charge on any atom is -0.444 e. The van der Waals surface area contributed by atoms with Gasteiger partial charge in [-0.15, -0.1) is 0 Å². The minimum atomic E-state index is -0.720. The number of nitrogens with zero attached hydrogens (tertiary/aromatic N) is 7. The van der Waals surface area contributed by atoms with E-state index in [1.54, 1.807) is 9.42 Å². The Labute approximate surface area is 228 Å². The second-order valence-corrected chi connectivity index (χ2v) is 11.2. The van der Waals surface area contributed by atoms with Crippen LogP contribution in [0.5, 0.6) is 0 Å². The third-order valence-corrected chi connectivity index (χ3v) is 8.04. The van der Waals surface area contributed by atoms with E-state index in [1.807, 2.05) is 20.2 Å². The molecule has 0 aromatic carbocycles. The molecule has 2 atom stereocenters. The number of likely N-dealkylation sites (N-methyl/N-ethyl adjacent to an activating group) is 1. The van der Waals surface area contributed by atoms with Gasteiger partial charge in [-0.2, -0.15) is 14.6 Å². The number of carbonyl (C=O) groups is 2. The molecule has 2 aromatic rings. The fourth-order valence-corrected chi connectivity index (χ4v) is 5.65. The summed E-state index contributed by atoms with van der Waals surface area (Å²) in [5.74, 6) is 0.300. The molecule has 0 unspecified atom stereocenters. The number of piperidine rings is 1. The molecule has 1 N–H and O–H groups in total. The van der Waals surface area contributed by atoms with Crippen molar-refractivity contribution in [3.63, 3.8) is 0 Å². The van der Waals surface area contributed by atoms with E-state index in [0.29, 0.717) is 43.7 Å². The van der Waals surface area contributed by atoms with Crippen molar-refractivity contribution in [1.29, 1.82) is 0 Å². The molecular formula is C27H39FN8O3. The first-order chi connectivity index (χ1) is 18.7. The fraction of sp³-hybridized carbons (Fsp3) is 0.667. The molecule has 3 fully saturated rings. The minimum absolute atomic E-state index is 0.0379. The lowest BCUT2D eigenvalue weighted by molar-refractivity contribution is -0.128. The number of hydrogen-bond donors (Lipinski definition) is 1. The first kappa shape index (κ1) is 27.3. The lowest BCUT2D eigenvalue weighted by Crippen LogP contribution is -2.44. The van der Waals surface area contributed by atoms with Crippen molar-refractivity contribution in [2.45, 2.75) is 77.0 Å². The highest BCUT2D eigenvalue weighted by molar-refractivity contribution is 5.91. The number of halogens is 1. The lowest BCUT2D eigenvalue weighted by Gasteiger charge is -2.32. The molecule has 0 aliphatic carbocycles. The monoisotopic (exact) mass is 542 g/mol. The number of aryl methyl sites for hydroxylation is 1. The van der Waals surface area contributed by atoms with Crippen molar-refractivity contribution in [2.24, 2.45) is 0 Å². The van der Waals surface area contributed by atoms with E-state index >= 15 is 0 Å². The van der Waals surface area contributed by atoms with E-state index in [9.17, 15) is 14.0 Å². The second kappa shape index (κ2) is 11.4. The van der Waals surface area contributed by atoms with Crippen LogP contribution in [-0.2, 0) is 9.53 Å². The van der Waals surface area contributed by atoms with E-state index < -0.39 is 17.8 Å². The van der Waals surface area contributed by atoms with Crippen LogP contribution in [0.1, 0.15) is 63.3 Å². The number of hydrogen-bond acceptors (Lipinski definition) is 8. The smallest absolute Gasteiger partial charge is 0.410 e. The topological polar surface area (TPSA) is 108 Å². The van der Waals surface area contributed by atoms with Crippen LogP contribution < -0.4 is 5.32 Å². The molecule has 39 heavy (non-hydrogen) atoms. The molecule has 0 saturated carbocycles. The van der Waals surface area contributed by atoms with Gasteiger partial charge in [-0.1, -0.05) is 13.8 Å². The van der Waals surface area contributed by atoms with Gasteiger partial charge in [-0.05, 0) is 58.2 Å². The van der Waals surface area contributed by atoms with Crippen molar-refractivity contribution < 1.29 is 18.7 Å². The van der Waals surface area contributed by atoms with Crippen LogP contribution in [0.25, 0.3) is 5.65 Å². The van der Waals surface area contributed by atoms with E-state index in [4.69, 9.17) is 4.74 Å². The highest BCUT2D eigenvalue weighted by atomic mass is 19.1. The molecule has 2 aromatic heterocycles. The van der Waals surface area contributed by atoms with Crippen LogP contribution in [0.15, 0.2) is 18.1 Å². The molecule has 5 heterocycles. The first-order valence-electron chi connectivity index (χ1n) is 14.0. The molecule has 11 nitrogen and oxygen atoms in total. The summed E-state index contributed by atoms with van der Waals surface area (Å²) in [5.41, 5.74) is 1.89. The number of ether oxygens (including phenoxy) is 1. The Morgan fingerprint density at radius 1 is 1.10 bits per heavy atom. The number of aromatic nitrogens is 4. The Hall–Kier alpha value is -3.28. The van der Waals surface area contributed by atoms with Crippen molar-refractivity contribution >= 4 is 23.6 Å². The molecule has 12 heteroatoms. The Morgan fingerprint density at radius 2 is 1.85 bits per heavy atom. The maximum Gasteiger partial charge on any atom is 0.410 e. The fourth-order valence-electron chi connectivity index (χ4n) is 5.65. The molecule has 0 spiro atoms. The molecule has 212 valence electrons. The van der Waals surface area contributed by atoms with Gasteiger partial charge < -0.3 is 19.9 Å². The number of rotatable bonds is 6. The zero-order valence-electron chi connectivity index (χ0n) is 23.3. The lowest BCUT2D eigenvalue weighted by atomic mass is 10.1. The Bertz CT molecular complexity index is 1240. The molecule has 0 bridgehead atoms. The molecule has 2 amide bonds. The van der Waals surface area contributed by atoms with Gasteiger partial charge in [0.25, 0.3) is 5.91 Å². The zero-order chi connectivity index (χ0) is 27.7. The van der Waals surface area contributed by atoms with Gasteiger partial charge in [-0.3, -0.25) is 9.69 Å². The van der Waals surface area contributed by atoms with Crippen LogP contribution in [0.4, 0.5) is 15.1 Å². The highest BCUT2D eigenvalue weighted by Crippen LogP contribution is 2.24. The van der Waals surface area contributed by atoms with E-state index in [-0.39, 0.29) is 24.7 Å². The summed E-state index contributed by atoms with van der Waals surface area (Å²) in [6, 6.07) is 0.0931. The Kier molecular flexibility index (Phi) is 8.01. The summed E-state index contributed by atoms with van der Waals surface area (Å²) < 4.78 is 22.1. The maximum atomic E-state index is 14.6. The first-order valence-corrected chi connectivity index (χ1v) is 14.0. The van der Waals surface area contributed by atoms with E-state index in [0.717, 1.165) is 43.4 Å². The number of amides is 2. The molecule has 3 aliphatic rings. The molecule has 5 rings (SSSR count). The zero-order valence-corrected chi connectivity index (χ0v) is 23.3. The molecule has 3 saturated heterocycles. The van der Waals surface area contributed by atoms with Gasteiger partial charge in [0.05, 0.1) is 12.7 Å². The molecule has 3 aliphatic heterocycles. The van der Waals surface area contributed by atoms with Crippen LogP contribution in [0.2, 0.25) is 0 Å². The van der Waals surface area contributed by atoms with Gasteiger partial charge >= 0.3 is 6.09 Å². The number of nitrogens with one attached hydrogen (secondary N) is 1. The molecule has 0 radical (unpaired) electrons. The Balaban J connectivity index is 1.10. The largest absolute Gasteiger partial charge is 0.444 e. The third-order valence-electron chi connectivity index (χ3n) is 8.04. The van der Waals surface area contributed by atoms with Crippen LogP contribution >= 0.6 is 0 Å². The number of fused-ring (bicyclic) bond motifs is 1. The summed E-state index contributed by atoms with van der Waals surface area (Å²) >= 11 is 0. The average molecular weight is 543 g/mol. The van der Waals surface area contributed by atoms with Gasteiger partial charge in [0.1, 0.15) is 11.9 Å². The van der Waals surface area contributed by atoms with Crippen LogP contribution in [0.3, 0.4) is 0 Å². The van der Waals surface area contributed by atoms with E-state index in [1.165, 1.54) is 11.0 Å². The second-order valence-electron chi connectivity index (χ2n) is 11.2. The van der Waals surface area contributed by atoms with Gasteiger partial charge in [0.15, 0.2) is 11.5 Å². The summed E-state index contributed by atoms with van der Waals surface area (Å²) in [7, 11) is 1.94. The quantitative estimate of drug-likeness (QED) is 0.555. The van der Waals surface area contributed by atoms with Crippen molar-refractivity contribution in [1.82, 2.24) is 34.3 Å². The van der Waals surface area contributed by atoms with Crippen molar-refractivity contribution in [3.05, 3.63) is 29.5 Å². The Morgan fingerprint density at radius 3 is 2.54 bits per heavy atom. The highest BCUT2D eigenvalue weighted by Gasteiger charge is 2.33. The number of anilines is 1. The standard InChI is InChI=1S/C27H39FN8O3/c1-17(2)22-15-29-36-24(22)30-18(3)31-26(36)32-19-7-11-34(12-8-19)27(38)39-21-9-13-35(16-21)25(37)23(28)14-20-6-5-10-33(20)4/h14-15,17,19-21H,5-13,16H2,1-4H3,(H,30,31,32)/b23-14-/t20-,21-/m1/s1.